The molecule has 3 heterocycles. The summed E-state index contributed by atoms with van der Waals surface area (Å²) in [7, 11) is 0. The van der Waals surface area contributed by atoms with Gasteiger partial charge in [0.05, 0.1) is 11.4 Å². The van der Waals surface area contributed by atoms with Gasteiger partial charge in [0, 0.05) is 36.2 Å². The summed E-state index contributed by atoms with van der Waals surface area (Å²) in [5, 5.41) is 15.1. The van der Waals surface area contributed by atoms with Crippen molar-refractivity contribution in [1.82, 2.24) is 30.4 Å². The number of thiophene rings is 1. The predicted octanol–water partition coefficient (Wildman–Crippen LogP) is 2.43. The number of amides is 2. The van der Waals surface area contributed by atoms with E-state index in [1.807, 2.05) is 30.9 Å². The van der Waals surface area contributed by atoms with Crippen molar-refractivity contribution in [2.75, 3.05) is 13.1 Å². The highest BCUT2D eigenvalue weighted by atomic mass is 32.1. The number of hydrogen-bond donors (Lipinski definition) is 1. The molecule has 152 valence electrons. The maximum atomic E-state index is 12.8. The van der Waals surface area contributed by atoms with E-state index in [1.54, 1.807) is 4.68 Å². The van der Waals surface area contributed by atoms with E-state index >= 15 is 0 Å². The second-order valence-electron chi connectivity index (χ2n) is 7.62. The predicted molar refractivity (Wildman–Crippen MR) is 111 cm³/mol. The molecule has 1 aromatic carbocycles. The summed E-state index contributed by atoms with van der Waals surface area (Å²) in [4.78, 5) is 28.2. The SMILES string of the molecule is CC(C)NC(=O)c1sc2ccccc2c1[C@H]1CCN(C(=O)CCn2cnnn2)C1. The summed E-state index contributed by atoms with van der Waals surface area (Å²) < 4.78 is 2.67. The van der Waals surface area contributed by atoms with Gasteiger partial charge in [0.1, 0.15) is 6.33 Å². The molecule has 3 aromatic rings. The largest absolute Gasteiger partial charge is 0.349 e. The first-order chi connectivity index (χ1) is 14.0. The van der Waals surface area contributed by atoms with Crippen molar-refractivity contribution in [3.8, 4) is 0 Å². The maximum absolute atomic E-state index is 12.8. The molecule has 1 atom stereocenters. The molecule has 1 aliphatic heterocycles. The highest BCUT2D eigenvalue weighted by Crippen LogP contribution is 2.40. The number of hydrogen-bond acceptors (Lipinski definition) is 6. The van der Waals surface area contributed by atoms with Crippen LogP contribution in [0.2, 0.25) is 0 Å². The molecule has 1 N–H and O–H groups in total. The van der Waals surface area contributed by atoms with Crippen molar-refractivity contribution in [1.29, 1.82) is 0 Å². The molecule has 8 nitrogen and oxygen atoms in total. The van der Waals surface area contributed by atoms with Crippen LogP contribution >= 0.6 is 11.3 Å². The van der Waals surface area contributed by atoms with Crippen LogP contribution < -0.4 is 5.32 Å². The summed E-state index contributed by atoms with van der Waals surface area (Å²) in [5.74, 6) is 0.228. The Morgan fingerprint density at radius 2 is 2.14 bits per heavy atom. The zero-order valence-corrected chi connectivity index (χ0v) is 17.4. The Labute approximate surface area is 172 Å². The average molecular weight is 413 g/mol. The highest BCUT2D eigenvalue weighted by Gasteiger charge is 2.32. The summed E-state index contributed by atoms with van der Waals surface area (Å²) in [5.41, 5.74) is 1.08. The van der Waals surface area contributed by atoms with Crippen LogP contribution in [0.4, 0.5) is 0 Å². The highest BCUT2D eigenvalue weighted by molar-refractivity contribution is 7.21. The molecule has 0 saturated carbocycles. The summed E-state index contributed by atoms with van der Waals surface area (Å²) >= 11 is 1.54. The molecule has 0 bridgehead atoms. The molecular formula is C20H24N6O2S. The number of nitrogens with zero attached hydrogens (tertiary/aromatic N) is 5. The van der Waals surface area contributed by atoms with E-state index in [0.29, 0.717) is 26.1 Å². The van der Waals surface area contributed by atoms with E-state index in [9.17, 15) is 9.59 Å². The first kappa shape index (κ1) is 19.5. The zero-order valence-electron chi connectivity index (χ0n) is 16.5. The van der Waals surface area contributed by atoms with Gasteiger partial charge in [0.15, 0.2) is 0 Å². The number of tetrazole rings is 1. The summed E-state index contributed by atoms with van der Waals surface area (Å²) in [6, 6.07) is 8.21. The van der Waals surface area contributed by atoms with Gasteiger partial charge in [-0.05, 0) is 47.7 Å². The molecule has 0 spiro atoms. The minimum atomic E-state index is -0.0281. The molecule has 2 amide bonds. The third kappa shape index (κ3) is 4.14. The second kappa shape index (κ2) is 8.28. The van der Waals surface area contributed by atoms with Gasteiger partial charge in [-0.25, -0.2) is 4.68 Å². The van der Waals surface area contributed by atoms with E-state index in [4.69, 9.17) is 0 Å². The number of benzene rings is 1. The molecule has 0 radical (unpaired) electrons. The number of aryl methyl sites for hydroxylation is 1. The van der Waals surface area contributed by atoms with Crippen LogP contribution in [-0.2, 0) is 11.3 Å². The minimum absolute atomic E-state index is 0.0281. The van der Waals surface area contributed by atoms with Crippen LogP contribution in [-0.4, -0.2) is 56.1 Å². The number of likely N-dealkylation sites (tertiary alicyclic amines) is 1. The van der Waals surface area contributed by atoms with Gasteiger partial charge >= 0.3 is 0 Å². The van der Waals surface area contributed by atoms with Gasteiger partial charge in [0.2, 0.25) is 5.91 Å². The van der Waals surface area contributed by atoms with Gasteiger partial charge in [-0.1, -0.05) is 18.2 Å². The van der Waals surface area contributed by atoms with E-state index in [2.05, 4.69) is 33.0 Å². The Hall–Kier alpha value is -2.81. The van der Waals surface area contributed by atoms with Crippen LogP contribution in [0.15, 0.2) is 30.6 Å². The third-order valence-electron chi connectivity index (χ3n) is 5.16. The number of carbonyl (C=O) groups is 2. The van der Waals surface area contributed by atoms with Crippen LogP contribution in [0.5, 0.6) is 0 Å². The average Bonchev–Trinajstić information content (AvgIpc) is 3.43. The Balaban J connectivity index is 1.53. The van der Waals surface area contributed by atoms with Gasteiger partial charge in [-0.2, -0.15) is 0 Å². The minimum Gasteiger partial charge on any atom is -0.349 e. The Bertz CT molecular complexity index is 1010. The fourth-order valence-corrected chi connectivity index (χ4v) is 5.03. The van der Waals surface area contributed by atoms with Crippen molar-refractivity contribution >= 4 is 33.2 Å². The Morgan fingerprint density at radius 1 is 1.31 bits per heavy atom. The first-order valence-corrected chi connectivity index (χ1v) is 10.7. The van der Waals surface area contributed by atoms with E-state index in [0.717, 1.165) is 26.9 Å². The topological polar surface area (TPSA) is 93.0 Å². The normalized spacial score (nSPS) is 16.7. The summed E-state index contributed by atoms with van der Waals surface area (Å²) in [6.07, 6.45) is 2.74. The lowest BCUT2D eigenvalue weighted by Crippen LogP contribution is -2.31. The third-order valence-corrected chi connectivity index (χ3v) is 6.34. The molecule has 2 aromatic heterocycles. The quantitative estimate of drug-likeness (QED) is 0.671. The van der Waals surface area contributed by atoms with Crippen molar-refractivity contribution in [3.63, 3.8) is 0 Å². The molecule has 1 fully saturated rings. The summed E-state index contributed by atoms with van der Waals surface area (Å²) in [6.45, 7) is 5.74. The fraction of sp³-hybridized carbons (Fsp3) is 0.450. The molecule has 29 heavy (non-hydrogen) atoms. The lowest BCUT2D eigenvalue weighted by Gasteiger charge is -2.17. The molecule has 4 rings (SSSR count). The van der Waals surface area contributed by atoms with E-state index in [-0.39, 0.29) is 23.8 Å². The number of rotatable bonds is 6. The monoisotopic (exact) mass is 412 g/mol. The van der Waals surface area contributed by atoms with Crippen LogP contribution in [0.3, 0.4) is 0 Å². The zero-order chi connectivity index (χ0) is 20.4. The van der Waals surface area contributed by atoms with Gasteiger partial charge in [-0.3, -0.25) is 9.59 Å². The smallest absolute Gasteiger partial charge is 0.261 e. The number of fused-ring (bicyclic) bond motifs is 1. The van der Waals surface area contributed by atoms with Crippen LogP contribution in [0.25, 0.3) is 10.1 Å². The molecule has 0 aliphatic carbocycles. The van der Waals surface area contributed by atoms with Crippen molar-refractivity contribution in [3.05, 3.63) is 41.0 Å². The standard InChI is InChI=1S/C20H24N6O2S/c1-13(2)22-20(28)19-18(15-5-3-4-6-16(15)29-19)14-7-9-25(11-14)17(27)8-10-26-12-21-23-24-26/h3-6,12-14H,7-11H2,1-2H3,(H,22,28)/t14-/m0/s1. The Morgan fingerprint density at radius 3 is 2.90 bits per heavy atom. The molecular weight excluding hydrogens is 388 g/mol. The van der Waals surface area contributed by atoms with Crippen LogP contribution in [0, 0.1) is 0 Å². The number of carbonyl (C=O) groups excluding carboxylic acids is 2. The lowest BCUT2D eigenvalue weighted by atomic mass is 9.95. The van der Waals surface area contributed by atoms with Gasteiger partial charge < -0.3 is 10.2 Å². The first-order valence-electron chi connectivity index (χ1n) is 9.83. The molecule has 0 unspecified atom stereocenters. The number of nitrogens with one attached hydrogen (secondary N) is 1. The van der Waals surface area contributed by atoms with Crippen LogP contribution in [0.1, 0.15) is 47.8 Å². The lowest BCUT2D eigenvalue weighted by molar-refractivity contribution is -0.130. The van der Waals surface area contributed by atoms with Gasteiger partial charge in [-0.15, -0.1) is 16.4 Å². The van der Waals surface area contributed by atoms with E-state index < -0.39 is 0 Å². The molecule has 1 aliphatic rings. The molecule has 9 heteroatoms. The maximum Gasteiger partial charge on any atom is 0.261 e. The molecule has 1 saturated heterocycles. The second-order valence-corrected chi connectivity index (χ2v) is 8.67. The van der Waals surface area contributed by atoms with Crippen molar-refractivity contribution in [2.24, 2.45) is 0 Å². The van der Waals surface area contributed by atoms with Crippen molar-refractivity contribution in [2.45, 2.75) is 45.2 Å². The number of aromatic nitrogens is 4. The fourth-order valence-electron chi connectivity index (χ4n) is 3.84. The van der Waals surface area contributed by atoms with Gasteiger partial charge in [0.25, 0.3) is 5.91 Å². The van der Waals surface area contributed by atoms with Crippen molar-refractivity contribution < 1.29 is 9.59 Å². The Kier molecular flexibility index (Phi) is 5.57. The van der Waals surface area contributed by atoms with E-state index in [1.165, 1.54) is 17.7 Å².